The van der Waals surface area contributed by atoms with Gasteiger partial charge in [0.25, 0.3) is 25.2 Å². The van der Waals surface area contributed by atoms with Crippen LogP contribution in [0, 0.1) is 0 Å². The van der Waals surface area contributed by atoms with Gasteiger partial charge in [0, 0.05) is 16.5 Å². The minimum Gasteiger partial charge on any atom is -0.304 e. The lowest BCUT2D eigenvalue weighted by Gasteiger charge is -2.26. The van der Waals surface area contributed by atoms with Crippen LogP contribution in [0.4, 0.5) is 17.1 Å². The molecule has 0 saturated carbocycles. The lowest BCUT2D eigenvalue weighted by molar-refractivity contribution is 0.660. The predicted octanol–water partition coefficient (Wildman–Crippen LogP) is 9.33. The van der Waals surface area contributed by atoms with Crippen molar-refractivity contribution in [1.29, 1.82) is 0 Å². The number of rotatable bonds is 6. The highest BCUT2D eigenvalue weighted by molar-refractivity contribution is 6.75. The van der Waals surface area contributed by atoms with E-state index in [4.69, 9.17) is 27.9 Å². The van der Waals surface area contributed by atoms with Gasteiger partial charge in [-0.1, -0.05) is 123 Å². The molecule has 61 heavy (non-hydrogen) atoms. The van der Waals surface area contributed by atoms with Crippen LogP contribution in [-0.4, -0.2) is 25.2 Å². The fraction of sp³-hybridized carbons (Fsp3) is 0.176. The first-order chi connectivity index (χ1) is 29.2. The van der Waals surface area contributed by atoms with Gasteiger partial charge in [-0.2, -0.15) is 0 Å². The van der Waals surface area contributed by atoms with Crippen LogP contribution in [-0.2, 0) is 5.41 Å². The summed E-state index contributed by atoms with van der Waals surface area (Å²) in [4.78, 5) is 2.34. The van der Waals surface area contributed by atoms with Crippen LogP contribution in [0.3, 0.4) is 0 Å². The molecule has 0 bridgehead atoms. The Morgan fingerprint density at radius 2 is 0.852 bits per heavy atom. The number of anilines is 3. The van der Waals surface area contributed by atoms with Gasteiger partial charge < -0.3 is 4.90 Å². The van der Waals surface area contributed by atoms with E-state index in [0.717, 1.165) is 71.5 Å². The van der Waals surface area contributed by atoms with E-state index in [2.05, 4.69) is 198 Å². The molecule has 3 heterocycles. The normalized spacial score (nSPS) is 17.2. The molecule has 7 aromatic carbocycles. The van der Waals surface area contributed by atoms with E-state index in [0.29, 0.717) is 0 Å². The first-order valence-corrected chi connectivity index (χ1v) is 29.9. The van der Waals surface area contributed by atoms with Gasteiger partial charge in [0.15, 0.2) is 0 Å². The van der Waals surface area contributed by atoms with E-state index in [1.807, 2.05) is 0 Å². The standard InChI is InChI=1S/C51H47N7Si3/c1-51(2)40-18-13-12-17-38(40)39-31-35(25-28-41(39)51)32-21-23-34(24-22-32)37-27-30-45(50-47(37)54-61(7,8)57-50)58(43-20-14-19-42-48(43)55-59(3,4)52-42)44-29-26-36(33-15-10-9-11-16-33)46-49(44)56-60(5,6)53-46/h9-31H,1-8H3. The van der Waals surface area contributed by atoms with Crippen LogP contribution < -0.4 is 37.0 Å². The highest BCUT2D eigenvalue weighted by atomic mass is 28.4. The lowest BCUT2D eigenvalue weighted by Crippen LogP contribution is -2.38. The molecule has 11 rings (SSSR count). The van der Waals surface area contributed by atoms with E-state index in [-0.39, 0.29) is 5.41 Å². The van der Waals surface area contributed by atoms with Crippen LogP contribution in [0.25, 0.3) is 44.5 Å². The van der Waals surface area contributed by atoms with Gasteiger partial charge in [0.2, 0.25) is 0 Å². The number of nitrogens with zero attached hydrogens (tertiary/aromatic N) is 7. The summed E-state index contributed by atoms with van der Waals surface area (Å²) in [5.74, 6) is 0. The maximum Gasteiger partial charge on any atom is 0.298 e. The van der Waals surface area contributed by atoms with Crippen molar-refractivity contribution >= 4 is 42.3 Å². The van der Waals surface area contributed by atoms with E-state index in [1.165, 1.54) is 33.4 Å². The summed E-state index contributed by atoms with van der Waals surface area (Å²) < 4.78 is 32.3. The number of hydrogen-bond donors (Lipinski definition) is 0. The summed E-state index contributed by atoms with van der Waals surface area (Å²) in [5.41, 5.74) is 15.2. The molecule has 3 aliphatic heterocycles. The topological polar surface area (TPSA) is 77.4 Å². The van der Waals surface area contributed by atoms with Crippen LogP contribution in [0.2, 0.25) is 39.3 Å². The van der Waals surface area contributed by atoms with E-state index in [1.54, 1.807) is 0 Å². The molecule has 0 spiro atoms. The lowest BCUT2D eigenvalue weighted by atomic mass is 9.82. The molecule has 0 fully saturated rings. The van der Waals surface area contributed by atoms with Crippen molar-refractivity contribution in [3.63, 3.8) is 0 Å². The van der Waals surface area contributed by atoms with Crippen LogP contribution in [0.1, 0.15) is 25.0 Å². The van der Waals surface area contributed by atoms with Crippen LogP contribution in [0.15, 0.2) is 167 Å². The monoisotopic (exact) mass is 841 g/mol. The maximum absolute atomic E-state index is 5.52. The molecule has 1 aliphatic carbocycles. The Labute approximate surface area is 359 Å². The Kier molecular flexibility index (Phi) is 8.14. The molecular weight excluding hydrogens is 795 g/mol. The highest BCUT2D eigenvalue weighted by Gasteiger charge is 2.36. The summed E-state index contributed by atoms with van der Waals surface area (Å²) in [6, 6.07) is 50.6. The van der Waals surface area contributed by atoms with Gasteiger partial charge >= 0.3 is 0 Å². The third kappa shape index (κ3) is 6.10. The van der Waals surface area contributed by atoms with E-state index in [9.17, 15) is 0 Å². The third-order valence-electron chi connectivity index (χ3n) is 12.5. The zero-order chi connectivity index (χ0) is 42.1. The Hall–Kier alpha value is -6.21. The van der Waals surface area contributed by atoms with Crippen molar-refractivity contribution in [3.05, 3.63) is 183 Å². The molecule has 0 amide bonds. The second-order valence-corrected chi connectivity index (χ2v) is 29.0. The van der Waals surface area contributed by atoms with Crippen LogP contribution in [0.5, 0.6) is 0 Å². The van der Waals surface area contributed by atoms with Crippen molar-refractivity contribution in [3.8, 4) is 44.5 Å². The molecule has 0 radical (unpaired) electrons. The maximum atomic E-state index is 5.52. The average Bonchev–Trinajstić information content (AvgIpc) is 3.93. The third-order valence-corrected chi connectivity index (χ3v) is 17.1. The minimum absolute atomic E-state index is 0.0147. The second-order valence-electron chi connectivity index (χ2n) is 18.7. The fourth-order valence-corrected chi connectivity index (χ4v) is 14.6. The summed E-state index contributed by atoms with van der Waals surface area (Å²) >= 11 is 0. The quantitative estimate of drug-likeness (QED) is 0.154. The Morgan fingerprint density at radius 3 is 1.51 bits per heavy atom. The zero-order valence-corrected chi connectivity index (χ0v) is 38.9. The van der Waals surface area contributed by atoms with Crippen molar-refractivity contribution in [1.82, 2.24) is 0 Å². The Morgan fingerprint density at radius 1 is 0.361 bits per heavy atom. The van der Waals surface area contributed by atoms with Crippen LogP contribution >= 0.6 is 0 Å². The van der Waals surface area contributed by atoms with E-state index < -0.39 is 25.2 Å². The second kappa shape index (κ2) is 13.1. The number of benzene rings is 7. The minimum atomic E-state index is -2.39. The van der Waals surface area contributed by atoms with Gasteiger partial charge in [-0.15, -0.1) is 0 Å². The van der Waals surface area contributed by atoms with Gasteiger partial charge in [-0.05, 0) is 114 Å². The molecule has 7 nitrogen and oxygen atoms in total. The molecule has 10 heteroatoms. The zero-order valence-electron chi connectivity index (χ0n) is 35.9. The molecule has 0 atom stereocenters. The predicted molar refractivity (Wildman–Crippen MR) is 254 cm³/mol. The summed E-state index contributed by atoms with van der Waals surface area (Å²) in [6.45, 7) is 17.9. The Balaban J connectivity index is 1.08. The SMILES string of the molecule is CC1(C)c2ccccc2-c2cc(-c3ccc(-c4ccc(N(c5cccc6c5=N[Si](C)(C)N=6)c5ccc(-c6ccccc6)c6c5=N[Si](C)(C)N=6)c5c4=N[Si](C)(C)N=5)cc3)ccc21. The molecule has 0 unspecified atom stereocenters. The highest BCUT2D eigenvalue weighted by Crippen LogP contribution is 2.49. The number of fused-ring (bicyclic) bond motifs is 6. The molecule has 0 saturated heterocycles. The molecule has 0 aromatic heterocycles. The fourth-order valence-electron chi connectivity index (χ4n) is 9.80. The van der Waals surface area contributed by atoms with Gasteiger partial charge in [0.1, 0.15) is 0 Å². The molecular formula is C51H47N7Si3. The van der Waals surface area contributed by atoms with Crippen molar-refractivity contribution in [2.45, 2.75) is 58.5 Å². The molecule has 298 valence electrons. The summed E-state index contributed by atoms with van der Waals surface area (Å²) in [7, 11) is -6.94. The first-order valence-electron chi connectivity index (χ1n) is 21.2. The van der Waals surface area contributed by atoms with Crippen molar-refractivity contribution < 1.29 is 0 Å². The van der Waals surface area contributed by atoms with Gasteiger partial charge in [0.05, 0.1) is 49.2 Å². The van der Waals surface area contributed by atoms with Crippen molar-refractivity contribution in [2.75, 3.05) is 4.90 Å². The molecule has 7 aromatic rings. The summed E-state index contributed by atoms with van der Waals surface area (Å²) in [5, 5.41) is 5.59. The molecule has 4 aliphatic rings. The summed E-state index contributed by atoms with van der Waals surface area (Å²) in [6.07, 6.45) is 0. The average molecular weight is 842 g/mol. The largest absolute Gasteiger partial charge is 0.304 e. The van der Waals surface area contributed by atoms with Crippen molar-refractivity contribution in [2.24, 2.45) is 27.9 Å². The number of hydrogen-bond acceptors (Lipinski definition) is 7. The smallest absolute Gasteiger partial charge is 0.298 e. The molecule has 0 N–H and O–H groups in total. The van der Waals surface area contributed by atoms with Gasteiger partial charge in [-0.3, -0.25) is 27.9 Å². The van der Waals surface area contributed by atoms with Gasteiger partial charge in [-0.25, -0.2) is 0 Å². The Bertz CT molecular complexity index is 3430. The first kappa shape index (κ1) is 37.8. The van der Waals surface area contributed by atoms with E-state index >= 15 is 0 Å².